The fourth-order valence-electron chi connectivity index (χ4n) is 9.41. The molecule has 0 fully saturated rings. The molecular weight excluding hydrogens is 814 g/mol. The summed E-state index contributed by atoms with van der Waals surface area (Å²) in [4.78, 5) is 2.31. The number of halogens is 1. The van der Waals surface area contributed by atoms with E-state index in [-0.39, 0.29) is 22.3 Å². The van der Waals surface area contributed by atoms with Crippen molar-refractivity contribution in [1.82, 2.24) is 5.48 Å². The summed E-state index contributed by atoms with van der Waals surface area (Å²) in [7, 11) is -7.70. The van der Waals surface area contributed by atoms with E-state index in [1.807, 2.05) is 0 Å². The van der Waals surface area contributed by atoms with Gasteiger partial charge in [-0.15, -0.1) is 0 Å². The van der Waals surface area contributed by atoms with Crippen molar-refractivity contribution in [1.29, 1.82) is 0 Å². The maximum Gasteiger partial charge on any atom is 0.283 e. The lowest BCUT2D eigenvalue weighted by molar-refractivity contribution is -0.438. The molecule has 60 heavy (non-hydrogen) atoms. The number of anilines is 1. The second kappa shape index (κ2) is 17.7. The Balaban J connectivity index is 1.22. The maximum absolute atomic E-state index is 12.4. The van der Waals surface area contributed by atoms with Gasteiger partial charge in [-0.1, -0.05) is 99.1 Å². The Labute approximate surface area is 361 Å². The van der Waals surface area contributed by atoms with Crippen LogP contribution in [0.25, 0.3) is 21.5 Å². The molecule has 0 saturated carbocycles. The number of hydroxylamine groups is 1. The number of rotatable bonds is 16. The van der Waals surface area contributed by atoms with E-state index in [9.17, 15) is 21.4 Å². The molecule has 4 aromatic rings. The monoisotopic (exact) mass is 870 g/mol. The molecule has 7 rings (SSSR count). The first-order chi connectivity index (χ1) is 28.5. The van der Waals surface area contributed by atoms with Gasteiger partial charge in [0.25, 0.3) is 20.2 Å². The Morgan fingerprint density at radius 1 is 0.800 bits per heavy atom. The molecule has 4 aromatic carbocycles. The van der Waals surface area contributed by atoms with Crippen LogP contribution < -0.4 is 10.4 Å². The summed E-state index contributed by atoms with van der Waals surface area (Å²) in [6.45, 7) is 12.5. The highest BCUT2D eigenvalue weighted by Crippen LogP contribution is 2.51. The zero-order valence-electron chi connectivity index (χ0n) is 35.3. The van der Waals surface area contributed by atoms with Crippen LogP contribution in [0.4, 0.5) is 11.4 Å². The Morgan fingerprint density at radius 3 is 2.17 bits per heavy atom. The van der Waals surface area contributed by atoms with Gasteiger partial charge in [0.1, 0.15) is 6.54 Å². The highest BCUT2D eigenvalue weighted by molar-refractivity contribution is 7.86. The van der Waals surface area contributed by atoms with Crippen molar-refractivity contribution in [3.63, 3.8) is 0 Å². The Kier molecular flexibility index (Phi) is 13.0. The van der Waals surface area contributed by atoms with Gasteiger partial charge in [0.2, 0.25) is 5.69 Å². The van der Waals surface area contributed by atoms with Crippen molar-refractivity contribution in [2.24, 2.45) is 0 Å². The van der Waals surface area contributed by atoms with Crippen molar-refractivity contribution in [3.05, 3.63) is 130 Å². The third-order valence-electron chi connectivity index (χ3n) is 12.2. The first-order valence-electron chi connectivity index (χ1n) is 21.1. The number of hydrogen-bond donors (Lipinski definition) is 2. The predicted molar refractivity (Wildman–Crippen MR) is 247 cm³/mol. The first kappa shape index (κ1) is 44.0. The van der Waals surface area contributed by atoms with Crippen LogP contribution in [0.1, 0.15) is 90.7 Å². The summed E-state index contributed by atoms with van der Waals surface area (Å²) < 4.78 is 64.5. The van der Waals surface area contributed by atoms with E-state index in [0.29, 0.717) is 45.3 Å². The normalized spacial score (nSPS) is 19.1. The molecule has 0 radical (unpaired) electrons. The van der Waals surface area contributed by atoms with Gasteiger partial charge < -0.3 is 4.90 Å². The van der Waals surface area contributed by atoms with E-state index in [2.05, 4.69) is 140 Å². The van der Waals surface area contributed by atoms with Gasteiger partial charge in [0, 0.05) is 59.0 Å². The highest BCUT2D eigenvalue weighted by atomic mass is 35.5. The van der Waals surface area contributed by atoms with Crippen LogP contribution in [0.3, 0.4) is 0 Å². The fourth-order valence-corrected chi connectivity index (χ4v) is 11.2. The average molecular weight is 872 g/mol. The molecule has 318 valence electrons. The van der Waals surface area contributed by atoms with E-state index in [1.54, 1.807) is 6.92 Å². The number of nitrogens with zero attached hydrogens (tertiary/aromatic N) is 2. The van der Waals surface area contributed by atoms with E-state index < -0.39 is 20.2 Å². The largest absolute Gasteiger partial charge is 0.344 e. The fraction of sp³-hybridized carbons (Fsp3) is 0.396. The summed E-state index contributed by atoms with van der Waals surface area (Å²) in [5.74, 6) is -0.325. The highest BCUT2D eigenvalue weighted by Gasteiger charge is 2.45. The molecule has 0 bridgehead atoms. The van der Waals surface area contributed by atoms with Crippen LogP contribution in [0.2, 0.25) is 0 Å². The predicted octanol–water partition coefficient (Wildman–Crippen LogP) is 10.5. The minimum absolute atomic E-state index is 0.0631. The second-order valence-electron chi connectivity index (χ2n) is 17.1. The molecule has 0 saturated heterocycles. The van der Waals surface area contributed by atoms with Crippen LogP contribution in [0.15, 0.2) is 119 Å². The lowest BCUT2D eigenvalue weighted by Crippen LogP contribution is -2.28. The van der Waals surface area contributed by atoms with Crippen LogP contribution >= 0.6 is 11.6 Å². The van der Waals surface area contributed by atoms with Gasteiger partial charge in [0.05, 0.1) is 16.9 Å². The molecule has 0 spiro atoms. The van der Waals surface area contributed by atoms with Crippen molar-refractivity contribution in [3.8, 4) is 0 Å². The number of nitrogens with one attached hydrogen (secondary N) is 1. The molecule has 0 amide bonds. The second-order valence-corrected chi connectivity index (χ2v) is 20.8. The lowest BCUT2D eigenvalue weighted by atomic mass is 9.78. The van der Waals surface area contributed by atoms with Gasteiger partial charge in [-0.3, -0.25) is 4.55 Å². The molecule has 2 heterocycles. The maximum atomic E-state index is 12.4. The zero-order valence-corrected chi connectivity index (χ0v) is 37.7. The molecule has 2 N–H and O–H groups in total. The van der Waals surface area contributed by atoms with Crippen LogP contribution in [0, 0.1) is 0 Å². The standard InChI is InChI=1S/C48H56ClN3O6S2/c1-6-50-58-60(56,57)33-14-12-31-52-41-27-23-35-17-8-10-21-39(35)45(41)48(4,5)43(52)29-25-37-19-15-18-36(46(37)49)24-28-42-47(2,3)44-38-20-9-7-16-34(38)22-26-40(44)51(42)30-11-13-32-59(53,54)55/h7-10,16-17,20-29,50H,6,11-15,18-19,30-33H2,1-5H3/p+1. The van der Waals surface area contributed by atoms with E-state index in [1.165, 1.54) is 32.7 Å². The quantitative estimate of drug-likeness (QED) is 0.0495. The summed E-state index contributed by atoms with van der Waals surface area (Å²) >= 11 is 7.34. The van der Waals surface area contributed by atoms with Crippen LogP contribution in [0.5, 0.6) is 0 Å². The van der Waals surface area contributed by atoms with Crippen LogP contribution in [-0.4, -0.2) is 62.8 Å². The number of unbranched alkanes of at least 4 members (excludes halogenated alkanes) is 2. The smallest absolute Gasteiger partial charge is 0.283 e. The van der Waals surface area contributed by atoms with Crippen LogP contribution in [-0.2, 0) is 35.4 Å². The van der Waals surface area contributed by atoms with E-state index >= 15 is 0 Å². The lowest BCUT2D eigenvalue weighted by Gasteiger charge is -2.27. The molecule has 0 unspecified atom stereocenters. The number of benzene rings is 4. The van der Waals surface area contributed by atoms with Crippen molar-refractivity contribution < 1.29 is 30.2 Å². The summed E-state index contributed by atoms with van der Waals surface area (Å²) in [5.41, 5.74) is 10.9. The first-order valence-corrected chi connectivity index (χ1v) is 24.6. The van der Waals surface area contributed by atoms with E-state index in [4.69, 9.17) is 15.9 Å². The number of allylic oxidation sites excluding steroid dienone is 8. The number of hydrogen-bond acceptors (Lipinski definition) is 7. The number of fused-ring (bicyclic) bond motifs is 6. The van der Waals surface area contributed by atoms with Gasteiger partial charge in [0.15, 0.2) is 5.71 Å². The molecule has 3 aliphatic rings. The summed E-state index contributed by atoms with van der Waals surface area (Å²) in [6, 6.07) is 25.6. The Hall–Kier alpha value is -4.10. The molecule has 9 nitrogen and oxygen atoms in total. The Bertz CT molecular complexity index is 2690. The van der Waals surface area contributed by atoms with Gasteiger partial charge >= 0.3 is 0 Å². The van der Waals surface area contributed by atoms with Crippen molar-refractivity contribution in [2.75, 3.05) is 36.0 Å². The van der Waals surface area contributed by atoms with Gasteiger partial charge in [-0.05, 0) is 109 Å². The molecule has 1 aliphatic carbocycles. The SMILES string of the molecule is CCNOS(=O)(=O)CCCC[N+]1=C(/C=C/C2=C(Cl)C(=C/C=C3/N(CCCCS(=O)(=O)O)c4ccc5ccccc5c4C3(C)C)/CCC2)C(C)(C)c2c1ccc1ccccc21. The minimum Gasteiger partial charge on any atom is -0.344 e. The van der Waals surface area contributed by atoms with E-state index in [0.717, 1.165) is 58.2 Å². The summed E-state index contributed by atoms with van der Waals surface area (Å²) in [5, 5.41) is 5.51. The molecule has 2 aliphatic heterocycles. The average Bonchev–Trinajstić information content (AvgIpc) is 3.57. The van der Waals surface area contributed by atoms with Gasteiger partial charge in [-0.25, -0.2) is 0 Å². The Morgan fingerprint density at radius 2 is 1.47 bits per heavy atom. The third kappa shape index (κ3) is 9.08. The topological polar surface area (TPSA) is 116 Å². The molecule has 0 aromatic heterocycles. The van der Waals surface area contributed by atoms with Crippen molar-refractivity contribution in [2.45, 2.75) is 90.4 Å². The molecular formula is C48H57ClN3O6S2+. The van der Waals surface area contributed by atoms with Crippen molar-refractivity contribution >= 4 is 70.5 Å². The zero-order chi connectivity index (χ0) is 42.9. The minimum atomic E-state index is -4.04. The molecule has 0 atom stereocenters. The molecule has 12 heteroatoms. The third-order valence-corrected chi connectivity index (χ3v) is 14.7. The summed E-state index contributed by atoms with van der Waals surface area (Å²) in [6.07, 6.45) is 13.5. The van der Waals surface area contributed by atoms with Gasteiger partial charge in [-0.2, -0.15) is 31.2 Å².